The van der Waals surface area contributed by atoms with Crippen LogP contribution in [-0.2, 0) is 0 Å². The number of aromatic amines is 1. The predicted octanol–water partition coefficient (Wildman–Crippen LogP) is 1.67. The lowest BCUT2D eigenvalue weighted by atomic mass is 10.3. The molecule has 0 aliphatic heterocycles. The third kappa shape index (κ3) is 0.763. The van der Waals surface area contributed by atoms with Crippen molar-refractivity contribution in [2.24, 2.45) is 5.18 Å². The van der Waals surface area contributed by atoms with Crippen LogP contribution < -0.4 is 0 Å². The summed E-state index contributed by atoms with van der Waals surface area (Å²) in [7, 11) is 0. The average Bonchev–Trinajstić information content (AvgIpc) is 2.44. The van der Waals surface area contributed by atoms with Gasteiger partial charge in [0.05, 0.1) is 5.39 Å². The highest BCUT2D eigenvalue weighted by molar-refractivity contribution is 5.95. The molecule has 0 saturated carbocycles. The Morgan fingerprint density at radius 2 is 2.33 bits per heavy atom. The minimum absolute atomic E-state index is 0.0762. The Hall–Kier alpha value is -1.91. The molecule has 2 aromatic rings. The number of aromatic nitrogens is 2. The molecule has 60 valence electrons. The molecule has 0 saturated heterocycles. The first-order chi connectivity index (χ1) is 5.83. The molecule has 5 nitrogen and oxygen atoms in total. The second-order valence-corrected chi connectivity index (χ2v) is 2.33. The Morgan fingerprint density at radius 3 is 3.08 bits per heavy atom. The maximum atomic E-state index is 10.2. The fraction of sp³-hybridized carbons (Fsp3) is 0. The van der Waals surface area contributed by atoms with Gasteiger partial charge in [-0.1, -0.05) is 0 Å². The monoisotopic (exact) mass is 163 g/mol. The van der Waals surface area contributed by atoms with Gasteiger partial charge in [-0.25, -0.2) is 0 Å². The van der Waals surface area contributed by atoms with Gasteiger partial charge in [-0.05, 0) is 11.2 Å². The number of fused-ring (bicyclic) bond motifs is 1. The molecule has 0 spiro atoms. The maximum Gasteiger partial charge on any atom is 0.199 e. The zero-order chi connectivity index (χ0) is 8.55. The van der Waals surface area contributed by atoms with Crippen LogP contribution in [0.25, 0.3) is 10.8 Å². The van der Waals surface area contributed by atoms with E-state index in [2.05, 4.69) is 15.1 Å². The van der Waals surface area contributed by atoms with E-state index in [4.69, 9.17) is 0 Å². The second kappa shape index (κ2) is 2.30. The molecule has 0 aliphatic rings. The van der Waals surface area contributed by atoms with Crippen molar-refractivity contribution >= 4 is 16.6 Å². The average molecular weight is 163 g/mol. The predicted molar refractivity (Wildman–Crippen MR) is 43.2 cm³/mol. The zero-order valence-electron chi connectivity index (χ0n) is 5.98. The topological polar surface area (TPSA) is 78.3 Å². The van der Waals surface area contributed by atoms with Crippen molar-refractivity contribution in [3.05, 3.63) is 23.4 Å². The second-order valence-electron chi connectivity index (χ2n) is 2.33. The summed E-state index contributed by atoms with van der Waals surface area (Å²) >= 11 is 0. The summed E-state index contributed by atoms with van der Waals surface area (Å²) in [4.78, 5) is 16.5. The first-order valence-electron chi connectivity index (χ1n) is 3.31. The number of nitrogens with one attached hydrogen (secondary N) is 1. The van der Waals surface area contributed by atoms with E-state index in [1.54, 1.807) is 6.07 Å². The minimum Gasteiger partial charge on any atom is -0.494 e. The SMILES string of the molecule is O=Nc1[nH]c(O)c2cnccc12. The first kappa shape index (κ1) is 6.78. The molecule has 5 heteroatoms. The Labute approximate surface area is 67.0 Å². The highest BCUT2D eigenvalue weighted by Gasteiger charge is 2.08. The van der Waals surface area contributed by atoms with Crippen LogP contribution in [0.5, 0.6) is 5.88 Å². The van der Waals surface area contributed by atoms with E-state index < -0.39 is 0 Å². The van der Waals surface area contributed by atoms with E-state index in [0.29, 0.717) is 10.8 Å². The van der Waals surface area contributed by atoms with E-state index in [9.17, 15) is 10.0 Å². The van der Waals surface area contributed by atoms with Gasteiger partial charge >= 0.3 is 0 Å². The standard InChI is InChI=1S/C7H5N3O2/c11-7-5-3-8-2-1-4(5)6(9-7)10-12/h1-3,9,11H. The number of H-pyrrole nitrogens is 1. The van der Waals surface area contributed by atoms with Gasteiger partial charge in [0.25, 0.3) is 0 Å². The molecule has 0 atom stereocenters. The molecule has 2 aromatic heterocycles. The molecule has 0 fully saturated rings. The van der Waals surface area contributed by atoms with Gasteiger partial charge in [-0.15, -0.1) is 4.91 Å². The molecule has 0 aliphatic carbocycles. The Balaban J connectivity index is 2.91. The summed E-state index contributed by atoms with van der Waals surface area (Å²) < 4.78 is 0. The summed E-state index contributed by atoms with van der Waals surface area (Å²) in [6, 6.07) is 1.61. The number of nitrogens with zero attached hydrogens (tertiary/aromatic N) is 2. The van der Waals surface area contributed by atoms with Crippen molar-refractivity contribution in [3.63, 3.8) is 0 Å². The van der Waals surface area contributed by atoms with Crippen molar-refractivity contribution in [1.82, 2.24) is 9.97 Å². The highest BCUT2D eigenvalue weighted by atomic mass is 16.3. The molecule has 12 heavy (non-hydrogen) atoms. The van der Waals surface area contributed by atoms with Crippen molar-refractivity contribution in [3.8, 4) is 5.88 Å². The maximum absolute atomic E-state index is 10.2. The molecule has 0 amide bonds. The van der Waals surface area contributed by atoms with Crippen LogP contribution in [0.4, 0.5) is 5.82 Å². The number of rotatable bonds is 1. The van der Waals surface area contributed by atoms with Crippen molar-refractivity contribution in [1.29, 1.82) is 0 Å². The van der Waals surface area contributed by atoms with Crippen LogP contribution in [0.2, 0.25) is 0 Å². The fourth-order valence-electron chi connectivity index (χ4n) is 1.11. The van der Waals surface area contributed by atoms with Crippen LogP contribution in [-0.4, -0.2) is 15.1 Å². The Kier molecular flexibility index (Phi) is 1.30. The lowest BCUT2D eigenvalue weighted by Crippen LogP contribution is -1.67. The fourth-order valence-corrected chi connectivity index (χ4v) is 1.11. The smallest absolute Gasteiger partial charge is 0.199 e. The van der Waals surface area contributed by atoms with Crippen LogP contribution in [0, 0.1) is 4.91 Å². The lowest BCUT2D eigenvalue weighted by Gasteiger charge is -1.85. The van der Waals surface area contributed by atoms with E-state index in [-0.39, 0.29) is 11.7 Å². The van der Waals surface area contributed by atoms with Gasteiger partial charge in [0.1, 0.15) is 0 Å². The summed E-state index contributed by atoms with van der Waals surface area (Å²) in [6.07, 6.45) is 3.00. The summed E-state index contributed by atoms with van der Waals surface area (Å²) in [5.41, 5.74) is 0. The normalized spacial score (nSPS) is 10.3. The van der Waals surface area contributed by atoms with Gasteiger partial charge in [0.15, 0.2) is 11.7 Å². The number of hydrogen-bond donors (Lipinski definition) is 2. The number of nitroso groups, excluding NO2 is 1. The molecule has 2 rings (SSSR count). The van der Waals surface area contributed by atoms with Gasteiger partial charge in [0, 0.05) is 17.8 Å². The van der Waals surface area contributed by atoms with E-state index in [1.165, 1.54) is 12.4 Å². The molecular formula is C7H5N3O2. The molecule has 2 heterocycles. The quantitative estimate of drug-likeness (QED) is 0.627. The largest absolute Gasteiger partial charge is 0.494 e. The summed E-state index contributed by atoms with van der Waals surface area (Å²) in [5.74, 6) is 0.0533. The van der Waals surface area contributed by atoms with Gasteiger partial charge in [-0.3, -0.25) is 4.98 Å². The molecular weight excluding hydrogens is 158 g/mol. The molecule has 0 unspecified atom stereocenters. The molecule has 0 bridgehead atoms. The van der Waals surface area contributed by atoms with Crippen LogP contribution >= 0.6 is 0 Å². The van der Waals surface area contributed by atoms with Crippen LogP contribution in [0.3, 0.4) is 0 Å². The van der Waals surface area contributed by atoms with Gasteiger partial charge in [0.2, 0.25) is 0 Å². The summed E-state index contributed by atoms with van der Waals surface area (Å²) in [5, 5.41) is 13.0. The van der Waals surface area contributed by atoms with Gasteiger partial charge < -0.3 is 10.1 Å². The van der Waals surface area contributed by atoms with E-state index in [1.807, 2.05) is 0 Å². The van der Waals surface area contributed by atoms with Crippen molar-refractivity contribution < 1.29 is 5.11 Å². The van der Waals surface area contributed by atoms with Crippen LogP contribution in [0.1, 0.15) is 0 Å². The van der Waals surface area contributed by atoms with Crippen LogP contribution in [0.15, 0.2) is 23.6 Å². The Bertz CT molecular complexity index is 435. The van der Waals surface area contributed by atoms with Gasteiger partial charge in [-0.2, -0.15) is 0 Å². The molecule has 2 N–H and O–H groups in total. The lowest BCUT2D eigenvalue weighted by molar-refractivity contribution is 0.463. The van der Waals surface area contributed by atoms with E-state index >= 15 is 0 Å². The molecule has 0 aromatic carbocycles. The number of hydrogen-bond acceptors (Lipinski definition) is 4. The molecule has 0 radical (unpaired) electrons. The minimum atomic E-state index is -0.0762. The van der Waals surface area contributed by atoms with Crippen molar-refractivity contribution in [2.75, 3.05) is 0 Å². The third-order valence-electron chi connectivity index (χ3n) is 1.66. The number of pyridine rings is 1. The first-order valence-corrected chi connectivity index (χ1v) is 3.31. The third-order valence-corrected chi connectivity index (χ3v) is 1.66. The highest BCUT2D eigenvalue weighted by Crippen LogP contribution is 2.31. The van der Waals surface area contributed by atoms with E-state index in [0.717, 1.165) is 0 Å². The Morgan fingerprint density at radius 1 is 1.50 bits per heavy atom. The number of aromatic hydroxyl groups is 1. The zero-order valence-corrected chi connectivity index (χ0v) is 5.98. The van der Waals surface area contributed by atoms with Crippen molar-refractivity contribution in [2.45, 2.75) is 0 Å². The summed E-state index contributed by atoms with van der Waals surface area (Å²) in [6.45, 7) is 0.